The molecule has 1 saturated heterocycles. The van der Waals surface area contributed by atoms with Crippen LogP contribution in [0.3, 0.4) is 0 Å². The second-order valence-electron chi connectivity index (χ2n) is 4.98. The van der Waals surface area contributed by atoms with E-state index in [0.29, 0.717) is 12.2 Å². The number of hydrogen-bond acceptors (Lipinski definition) is 4. The summed E-state index contributed by atoms with van der Waals surface area (Å²) in [5, 5.41) is 2.17. The van der Waals surface area contributed by atoms with E-state index in [-0.39, 0.29) is 16.0 Å². The van der Waals surface area contributed by atoms with E-state index in [2.05, 4.69) is 0 Å². The molecular weight excluding hydrogens is 328 g/mol. The molecule has 2 N–H and O–H groups in total. The molecule has 1 aliphatic heterocycles. The highest BCUT2D eigenvalue weighted by Crippen LogP contribution is 2.39. The van der Waals surface area contributed by atoms with Gasteiger partial charge in [0.1, 0.15) is 4.90 Å². The Labute approximate surface area is 133 Å². The lowest BCUT2D eigenvalue weighted by Gasteiger charge is -2.24. The maximum Gasteiger partial charge on any atom is 0.245 e. The molecule has 2 aromatic rings. The number of halogens is 1. The zero-order valence-corrected chi connectivity index (χ0v) is 13.6. The number of nitrogens with two attached hydrogens (primary N) is 1. The van der Waals surface area contributed by atoms with Crippen LogP contribution in [0.4, 0.5) is 5.69 Å². The molecule has 7 heteroatoms. The second-order valence-corrected chi connectivity index (χ2v) is 8.22. The van der Waals surface area contributed by atoms with Crippen molar-refractivity contribution in [2.75, 3.05) is 12.3 Å². The molecule has 0 bridgehead atoms. The largest absolute Gasteiger partial charge is 0.399 e. The Morgan fingerprint density at radius 2 is 2.14 bits per heavy atom. The van der Waals surface area contributed by atoms with Crippen LogP contribution in [0.2, 0.25) is 5.02 Å². The molecule has 0 amide bonds. The second kappa shape index (κ2) is 5.61. The lowest BCUT2D eigenvalue weighted by Crippen LogP contribution is -2.30. The number of rotatable bonds is 3. The third-order valence-electron chi connectivity index (χ3n) is 3.62. The number of benzene rings is 1. The molecule has 0 saturated carbocycles. The van der Waals surface area contributed by atoms with Crippen LogP contribution in [0.15, 0.2) is 40.6 Å². The molecule has 1 aliphatic rings. The van der Waals surface area contributed by atoms with Crippen LogP contribution >= 0.6 is 22.9 Å². The Morgan fingerprint density at radius 3 is 2.86 bits per heavy atom. The average molecular weight is 343 g/mol. The van der Waals surface area contributed by atoms with Crippen molar-refractivity contribution in [1.82, 2.24) is 4.31 Å². The van der Waals surface area contributed by atoms with Crippen molar-refractivity contribution in [3.63, 3.8) is 0 Å². The topological polar surface area (TPSA) is 63.4 Å². The Balaban J connectivity index is 2.03. The van der Waals surface area contributed by atoms with Gasteiger partial charge in [0.25, 0.3) is 0 Å². The Hall–Kier alpha value is -1.08. The van der Waals surface area contributed by atoms with E-state index in [1.165, 1.54) is 12.1 Å². The van der Waals surface area contributed by atoms with Crippen LogP contribution in [-0.4, -0.2) is 19.3 Å². The summed E-state index contributed by atoms with van der Waals surface area (Å²) in [5.41, 5.74) is 6.11. The molecule has 1 aromatic heterocycles. The van der Waals surface area contributed by atoms with Gasteiger partial charge in [-0.1, -0.05) is 17.7 Å². The first kappa shape index (κ1) is 14.8. The van der Waals surface area contributed by atoms with E-state index in [9.17, 15) is 8.42 Å². The van der Waals surface area contributed by atoms with Crippen molar-refractivity contribution in [2.45, 2.75) is 23.8 Å². The molecule has 4 nitrogen and oxygen atoms in total. The fraction of sp³-hybridized carbons (Fsp3) is 0.286. The number of anilines is 1. The van der Waals surface area contributed by atoms with Gasteiger partial charge < -0.3 is 5.73 Å². The summed E-state index contributed by atoms with van der Waals surface area (Å²) >= 11 is 7.65. The van der Waals surface area contributed by atoms with Gasteiger partial charge >= 0.3 is 0 Å². The molecule has 1 aromatic carbocycles. The highest BCUT2D eigenvalue weighted by atomic mass is 35.5. The summed E-state index contributed by atoms with van der Waals surface area (Å²) < 4.78 is 27.3. The third kappa shape index (κ3) is 2.68. The molecular formula is C14H15ClN2O2S2. The Morgan fingerprint density at radius 1 is 1.33 bits per heavy atom. The zero-order chi connectivity index (χ0) is 15.0. The van der Waals surface area contributed by atoms with Crippen LogP contribution in [0.25, 0.3) is 0 Å². The van der Waals surface area contributed by atoms with Crippen LogP contribution in [-0.2, 0) is 10.0 Å². The predicted octanol–water partition coefficient (Wildman–Crippen LogP) is 3.51. The fourth-order valence-electron chi connectivity index (χ4n) is 2.64. The summed E-state index contributed by atoms with van der Waals surface area (Å²) in [6.07, 6.45) is 1.68. The molecule has 0 spiro atoms. The van der Waals surface area contributed by atoms with Crippen LogP contribution in [0, 0.1) is 0 Å². The SMILES string of the molecule is Nc1ccc(Cl)c(S(=O)(=O)N2CCCC2c2cccs2)c1. The monoisotopic (exact) mass is 342 g/mol. The lowest BCUT2D eigenvalue weighted by atomic mass is 10.2. The molecule has 1 fully saturated rings. The standard InChI is InChI=1S/C14H15ClN2O2S2/c15-11-6-5-10(16)9-14(11)21(18,19)17-7-1-3-12(17)13-4-2-8-20-13/h2,4-6,8-9,12H,1,3,7,16H2. The Bertz CT molecular complexity index is 744. The zero-order valence-electron chi connectivity index (χ0n) is 11.2. The minimum atomic E-state index is -3.64. The van der Waals surface area contributed by atoms with Crippen LogP contribution in [0.5, 0.6) is 0 Å². The van der Waals surface area contributed by atoms with Gasteiger partial charge in [-0.2, -0.15) is 4.31 Å². The predicted molar refractivity (Wildman–Crippen MR) is 86.1 cm³/mol. The van der Waals surface area contributed by atoms with Gasteiger partial charge in [0.15, 0.2) is 0 Å². The molecule has 1 unspecified atom stereocenters. The highest BCUT2D eigenvalue weighted by molar-refractivity contribution is 7.89. The molecule has 112 valence electrons. The summed E-state index contributed by atoms with van der Waals surface area (Å²) in [5.74, 6) is 0. The molecule has 1 atom stereocenters. The van der Waals surface area contributed by atoms with E-state index in [4.69, 9.17) is 17.3 Å². The van der Waals surface area contributed by atoms with E-state index in [1.807, 2.05) is 17.5 Å². The molecule has 3 rings (SSSR count). The van der Waals surface area contributed by atoms with Gasteiger partial charge in [-0.05, 0) is 42.5 Å². The number of hydrogen-bond donors (Lipinski definition) is 1. The third-order valence-corrected chi connectivity index (χ3v) is 6.98. The van der Waals surface area contributed by atoms with Gasteiger partial charge in [-0.15, -0.1) is 11.3 Å². The quantitative estimate of drug-likeness (QED) is 0.868. The van der Waals surface area contributed by atoms with Crippen molar-refractivity contribution in [2.24, 2.45) is 0 Å². The first-order chi connectivity index (χ1) is 10.00. The lowest BCUT2D eigenvalue weighted by molar-refractivity contribution is 0.401. The number of nitrogens with zero attached hydrogens (tertiary/aromatic N) is 1. The molecule has 21 heavy (non-hydrogen) atoms. The van der Waals surface area contributed by atoms with E-state index >= 15 is 0 Å². The van der Waals surface area contributed by atoms with E-state index < -0.39 is 10.0 Å². The van der Waals surface area contributed by atoms with E-state index in [1.54, 1.807) is 21.7 Å². The van der Waals surface area contributed by atoms with Crippen molar-refractivity contribution < 1.29 is 8.42 Å². The number of nitrogen functional groups attached to an aromatic ring is 1. The summed E-state index contributed by atoms with van der Waals surface area (Å²) in [6, 6.07) is 8.37. The average Bonchev–Trinajstić information content (AvgIpc) is 3.10. The first-order valence-corrected chi connectivity index (χ1v) is 9.30. The minimum absolute atomic E-state index is 0.0904. The summed E-state index contributed by atoms with van der Waals surface area (Å²) in [6.45, 7) is 0.510. The van der Waals surface area contributed by atoms with Crippen molar-refractivity contribution in [1.29, 1.82) is 0 Å². The normalized spacial score (nSPS) is 20.0. The van der Waals surface area contributed by atoms with Crippen molar-refractivity contribution in [3.8, 4) is 0 Å². The van der Waals surface area contributed by atoms with Crippen LogP contribution in [0.1, 0.15) is 23.8 Å². The first-order valence-electron chi connectivity index (χ1n) is 6.60. The maximum absolute atomic E-state index is 12.9. The number of thiophene rings is 1. The van der Waals surface area contributed by atoms with Crippen LogP contribution < -0.4 is 5.73 Å². The van der Waals surface area contributed by atoms with Crippen molar-refractivity contribution in [3.05, 3.63) is 45.6 Å². The van der Waals surface area contributed by atoms with Gasteiger partial charge in [-0.25, -0.2) is 8.42 Å². The highest BCUT2D eigenvalue weighted by Gasteiger charge is 2.37. The van der Waals surface area contributed by atoms with Gasteiger partial charge in [-0.3, -0.25) is 0 Å². The maximum atomic E-state index is 12.9. The van der Waals surface area contributed by atoms with Gasteiger partial charge in [0, 0.05) is 17.1 Å². The van der Waals surface area contributed by atoms with Gasteiger partial charge in [0.2, 0.25) is 10.0 Å². The fourth-order valence-corrected chi connectivity index (χ4v) is 5.76. The molecule has 0 radical (unpaired) electrons. The minimum Gasteiger partial charge on any atom is -0.399 e. The Kier molecular flexibility index (Phi) is 3.96. The van der Waals surface area contributed by atoms with Gasteiger partial charge in [0.05, 0.1) is 11.1 Å². The summed E-state index contributed by atoms with van der Waals surface area (Å²) in [4.78, 5) is 1.16. The smallest absolute Gasteiger partial charge is 0.245 e. The number of sulfonamides is 1. The van der Waals surface area contributed by atoms with E-state index in [0.717, 1.165) is 17.7 Å². The molecule has 0 aliphatic carbocycles. The summed E-state index contributed by atoms with van der Waals surface area (Å²) in [7, 11) is -3.64. The molecule has 2 heterocycles. The van der Waals surface area contributed by atoms with Crippen molar-refractivity contribution >= 4 is 38.6 Å².